The first-order chi connectivity index (χ1) is 20.4. The molecule has 9 nitrogen and oxygen atoms in total. The average molecular weight is 573 g/mol. The summed E-state index contributed by atoms with van der Waals surface area (Å²) in [4.78, 5) is 21.2. The molecule has 0 N–H and O–H groups in total. The Bertz CT molecular complexity index is 1650. The predicted molar refractivity (Wildman–Crippen MR) is 147 cm³/mol. The van der Waals surface area contributed by atoms with Crippen LogP contribution in [-0.2, 0) is 11.3 Å². The van der Waals surface area contributed by atoms with Crippen molar-refractivity contribution in [3.63, 3.8) is 0 Å². The summed E-state index contributed by atoms with van der Waals surface area (Å²) in [5, 5.41) is 22.0. The molecule has 2 aliphatic rings. The van der Waals surface area contributed by atoms with E-state index < -0.39 is 17.7 Å². The van der Waals surface area contributed by atoms with Gasteiger partial charge in [0.05, 0.1) is 28.9 Å². The van der Waals surface area contributed by atoms with Crippen LogP contribution in [0, 0.1) is 28.8 Å². The fourth-order valence-corrected chi connectivity index (χ4v) is 5.73. The van der Waals surface area contributed by atoms with Crippen LogP contribution >= 0.6 is 0 Å². The van der Waals surface area contributed by atoms with E-state index in [1.807, 2.05) is 34.1 Å². The third kappa shape index (κ3) is 5.56. The van der Waals surface area contributed by atoms with Gasteiger partial charge in [-0.25, -0.2) is 13.2 Å². The molecular formula is C30H27F3N8O. The monoisotopic (exact) mass is 572 g/mol. The smallest absolute Gasteiger partial charge is 0.240 e. The lowest BCUT2D eigenvalue weighted by Crippen LogP contribution is -2.53. The Labute approximate surface area is 240 Å². The minimum atomic E-state index is -0.793. The lowest BCUT2D eigenvalue weighted by atomic mass is 10.1. The highest BCUT2D eigenvalue weighted by atomic mass is 19.1. The molecule has 0 aliphatic carbocycles. The molecule has 2 fully saturated rings. The maximum atomic E-state index is 14.3. The van der Waals surface area contributed by atoms with Crippen LogP contribution in [0.2, 0.25) is 0 Å². The molecule has 1 amide bonds. The van der Waals surface area contributed by atoms with Gasteiger partial charge in [-0.15, -0.1) is 10.2 Å². The Balaban J connectivity index is 1.20. The normalized spacial score (nSPS) is 19.2. The summed E-state index contributed by atoms with van der Waals surface area (Å²) in [7, 11) is 0. The number of halogens is 3. The van der Waals surface area contributed by atoms with Gasteiger partial charge in [-0.1, -0.05) is 24.3 Å². The summed E-state index contributed by atoms with van der Waals surface area (Å²) in [5.41, 5.74) is 2.21. The largest absolute Gasteiger partial charge is 0.367 e. The maximum Gasteiger partial charge on any atom is 0.240 e. The fraction of sp³-hybridized carbons (Fsp3) is 0.300. The molecule has 3 aromatic carbocycles. The molecule has 2 aliphatic heterocycles. The molecule has 4 aromatic rings. The summed E-state index contributed by atoms with van der Waals surface area (Å²) >= 11 is 0. The van der Waals surface area contributed by atoms with E-state index in [4.69, 9.17) is 0 Å². The quantitative estimate of drug-likeness (QED) is 0.347. The molecule has 214 valence electrons. The van der Waals surface area contributed by atoms with Crippen LogP contribution in [0.25, 0.3) is 11.4 Å². The third-order valence-electron chi connectivity index (χ3n) is 7.82. The van der Waals surface area contributed by atoms with Gasteiger partial charge in [-0.05, 0) is 53.6 Å². The second-order valence-electron chi connectivity index (χ2n) is 10.5. The van der Waals surface area contributed by atoms with Gasteiger partial charge >= 0.3 is 0 Å². The van der Waals surface area contributed by atoms with Gasteiger partial charge < -0.3 is 9.80 Å². The Morgan fingerprint density at radius 1 is 0.952 bits per heavy atom. The molecule has 6 rings (SSSR count). The number of amides is 1. The Hall–Kier alpha value is -4.76. The molecule has 42 heavy (non-hydrogen) atoms. The van der Waals surface area contributed by atoms with Crippen LogP contribution in [0.3, 0.4) is 0 Å². The number of aromatic nitrogens is 4. The van der Waals surface area contributed by atoms with Crippen LogP contribution in [0.4, 0.5) is 18.9 Å². The molecule has 2 saturated heterocycles. The minimum absolute atomic E-state index is 0.0210. The lowest BCUT2D eigenvalue weighted by molar-refractivity contribution is -0.136. The first kappa shape index (κ1) is 27.4. The van der Waals surface area contributed by atoms with Gasteiger partial charge in [0.1, 0.15) is 23.5 Å². The van der Waals surface area contributed by atoms with Crippen LogP contribution in [-0.4, -0.2) is 74.7 Å². The van der Waals surface area contributed by atoms with E-state index in [0.29, 0.717) is 51.3 Å². The molecule has 0 saturated carbocycles. The number of hydrogen-bond donors (Lipinski definition) is 0. The van der Waals surface area contributed by atoms with E-state index in [2.05, 4.69) is 26.4 Å². The first-order valence-electron chi connectivity index (χ1n) is 13.7. The molecule has 0 unspecified atom stereocenters. The molecule has 0 bridgehead atoms. The average Bonchev–Trinajstić information content (AvgIpc) is 3.65. The number of anilines is 1. The van der Waals surface area contributed by atoms with Crippen molar-refractivity contribution in [3.05, 3.63) is 95.3 Å². The van der Waals surface area contributed by atoms with Gasteiger partial charge in [-0.3, -0.25) is 9.69 Å². The molecule has 2 atom stereocenters. The summed E-state index contributed by atoms with van der Waals surface area (Å²) in [6.45, 7) is 2.88. The molecular weight excluding hydrogens is 545 g/mol. The zero-order valence-corrected chi connectivity index (χ0v) is 22.6. The number of hydrogen-bond acceptors (Lipinski definition) is 7. The summed E-state index contributed by atoms with van der Waals surface area (Å²) in [5.74, 6) is -1.88. The van der Waals surface area contributed by atoms with Gasteiger partial charge in [0.25, 0.3) is 0 Å². The van der Waals surface area contributed by atoms with E-state index in [1.165, 1.54) is 23.0 Å². The Morgan fingerprint density at radius 2 is 1.74 bits per heavy atom. The van der Waals surface area contributed by atoms with Gasteiger partial charge in [0, 0.05) is 45.3 Å². The molecule has 3 heterocycles. The van der Waals surface area contributed by atoms with E-state index in [1.54, 1.807) is 12.1 Å². The number of benzene rings is 3. The van der Waals surface area contributed by atoms with E-state index >= 15 is 0 Å². The summed E-state index contributed by atoms with van der Waals surface area (Å²) in [6.07, 6.45) is 0.382. The Morgan fingerprint density at radius 3 is 2.50 bits per heavy atom. The Kier molecular flexibility index (Phi) is 7.58. The maximum absolute atomic E-state index is 14.3. The van der Waals surface area contributed by atoms with Crippen molar-refractivity contribution >= 4 is 11.6 Å². The van der Waals surface area contributed by atoms with Crippen molar-refractivity contribution in [2.24, 2.45) is 0 Å². The van der Waals surface area contributed by atoms with E-state index in [0.717, 1.165) is 23.4 Å². The summed E-state index contributed by atoms with van der Waals surface area (Å²) in [6, 6.07) is 18.2. The topological polar surface area (TPSA) is 94.2 Å². The van der Waals surface area contributed by atoms with Crippen molar-refractivity contribution in [3.8, 4) is 17.5 Å². The fourth-order valence-electron chi connectivity index (χ4n) is 5.73. The van der Waals surface area contributed by atoms with Crippen LogP contribution in [0.1, 0.15) is 23.6 Å². The van der Waals surface area contributed by atoms with Crippen molar-refractivity contribution in [2.75, 3.05) is 37.6 Å². The highest BCUT2D eigenvalue weighted by Gasteiger charge is 2.41. The van der Waals surface area contributed by atoms with E-state index in [-0.39, 0.29) is 29.2 Å². The van der Waals surface area contributed by atoms with Crippen molar-refractivity contribution < 1.29 is 18.0 Å². The van der Waals surface area contributed by atoms with Gasteiger partial charge in [-0.2, -0.15) is 10.1 Å². The highest BCUT2D eigenvalue weighted by molar-refractivity contribution is 5.82. The number of likely N-dealkylation sites (tertiary alicyclic amines) is 1. The second-order valence-corrected chi connectivity index (χ2v) is 10.5. The number of carbonyl (C=O) groups is 1. The van der Waals surface area contributed by atoms with Gasteiger partial charge in [0.2, 0.25) is 11.7 Å². The van der Waals surface area contributed by atoms with Crippen LogP contribution < -0.4 is 4.90 Å². The SMILES string of the molecule is N#Cc1ccccc1N1CCN(C(=O)[C@@H]2C[C@H](n3nnc(-c4ccc(F)cc4F)n3)CN2Cc2cccc(F)c2)CC1. The molecule has 0 spiro atoms. The van der Waals surface area contributed by atoms with Gasteiger partial charge in [0.15, 0.2) is 0 Å². The predicted octanol–water partition coefficient (Wildman–Crippen LogP) is 3.79. The number of rotatable bonds is 6. The highest BCUT2D eigenvalue weighted by Crippen LogP contribution is 2.31. The number of piperazine rings is 1. The zero-order valence-electron chi connectivity index (χ0n) is 22.6. The lowest BCUT2D eigenvalue weighted by Gasteiger charge is -2.38. The van der Waals surface area contributed by atoms with Crippen molar-refractivity contribution in [1.82, 2.24) is 30.0 Å². The van der Waals surface area contributed by atoms with Crippen LogP contribution in [0.5, 0.6) is 0 Å². The minimum Gasteiger partial charge on any atom is -0.367 e. The van der Waals surface area contributed by atoms with Crippen molar-refractivity contribution in [1.29, 1.82) is 5.26 Å². The molecule has 1 aromatic heterocycles. The first-order valence-corrected chi connectivity index (χ1v) is 13.7. The number of nitriles is 1. The zero-order chi connectivity index (χ0) is 29.2. The van der Waals surface area contributed by atoms with E-state index in [9.17, 15) is 23.2 Å². The number of para-hydroxylation sites is 1. The second kappa shape index (κ2) is 11.6. The summed E-state index contributed by atoms with van der Waals surface area (Å²) < 4.78 is 41.7. The number of nitrogens with zero attached hydrogens (tertiary/aromatic N) is 8. The number of carbonyl (C=O) groups excluding carboxylic acids is 1. The standard InChI is InChI=1S/C30H27F3N8O/c31-22-6-3-4-20(14-22)18-40-19-24(41-36-29(35-37-41)25-9-8-23(32)15-26(25)33)16-28(40)30(42)39-12-10-38(11-13-39)27-7-2-1-5-21(27)17-34/h1-9,14-15,24,28H,10-13,16,18-19H2/t24-,28-/m0/s1. The third-order valence-corrected chi connectivity index (χ3v) is 7.82. The molecule has 0 radical (unpaired) electrons. The van der Waals surface area contributed by atoms with Crippen molar-refractivity contribution in [2.45, 2.75) is 25.0 Å². The van der Waals surface area contributed by atoms with Crippen LogP contribution in [0.15, 0.2) is 66.7 Å². The number of tetrazole rings is 1. The molecule has 12 heteroatoms.